The van der Waals surface area contributed by atoms with Gasteiger partial charge in [-0.1, -0.05) is 31.0 Å². The molecule has 1 aromatic carbocycles. The summed E-state index contributed by atoms with van der Waals surface area (Å²) in [6.07, 6.45) is -0.172. The first-order valence-corrected chi connectivity index (χ1v) is 8.34. The molecule has 1 N–H and O–H groups in total. The summed E-state index contributed by atoms with van der Waals surface area (Å²) in [4.78, 5) is 2.32. The fourth-order valence-corrected chi connectivity index (χ4v) is 3.92. The van der Waals surface area contributed by atoms with E-state index in [0.29, 0.717) is 11.5 Å². The summed E-state index contributed by atoms with van der Waals surface area (Å²) in [7, 11) is 0. The summed E-state index contributed by atoms with van der Waals surface area (Å²) in [5.41, 5.74) is 0.679. The lowest BCUT2D eigenvalue weighted by Crippen LogP contribution is -2.46. The molecule has 0 bridgehead atoms. The molecule has 24 heavy (non-hydrogen) atoms. The first kappa shape index (κ1) is 19.3. The average molecular weight is 365 g/mol. The number of benzene rings is 1. The molecule has 1 aromatic rings. The smallest absolute Gasteiger partial charge is 0.405 e. The van der Waals surface area contributed by atoms with Crippen molar-refractivity contribution in [2.24, 2.45) is 5.92 Å². The molecule has 0 aromatic heterocycles. The fraction of sp³-hybridized carbons (Fsp3) is 0.647. The molecule has 1 saturated heterocycles. The normalized spacial score (nSPS) is 21.3. The number of alkyl halides is 3. The van der Waals surface area contributed by atoms with Crippen LogP contribution in [0.2, 0.25) is 0 Å². The maximum Gasteiger partial charge on any atom is 0.573 e. The van der Waals surface area contributed by atoms with Crippen LogP contribution < -0.4 is 10.1 Å². The Hall–Kier alpha value is -0.980. The van der Waals surface area contributed by atoms with Gasteiger partial charge in [-0.15, -0.1) is 25.6 Å². The zero-order valence-electron chi connectivity index (χ0n) is 13.5. The number of hydrogen-bond donors (Lipinski definition) is 1. The number of piperazine rings is 1. The summed E-state index contributed by atoms with van der Waals surface area (Å²) in [5, 5.41) is 3.31. The van der Waals surface area contributed by atoms with E-state index in [-0.39, 0.29) is 24.2 Å². The molecule has 0 spiro atoms. The molecule has 3 nitrogen and oxygen atoms in total. The quantitative estimate of drug-likeness (QED) is 0.868. The Balaban J connectivity index is 0.00000208. The molecule has 1 aliphatic carbocycles. The summed E-state index contributed by atoms with van der Waals surface area (Å²) in [5.74, 6) is 0.363. The van der Waals surface area contributed by atoms with Crippen molar-refractivity contribution >= 4 is 12.4 Å². The van der Waals surface area contributed by atoms with E-state index in [0.717, 1.165) is 51.9 Å². The number of halogens is 4. The van der Waals surface area contributed by atoms with E-state index in [1.807, 2.05) is 6.07 Å². The van der Waals surface area contributed by atoms with Crippen molar-refractivity contribution in [2.45, 2.75) is 38.1 Å². The predicted molar refractivity (Wildman–Crippen MR) is 89.5 cm³/mol. The third-order valence-electron chi connectivity index (χ3n) is 4.85. The molecule has 136 valence electrons. The second kappa shape index (κ2) is 8.41. The van der Waals surface area contributed by atoms with Crippen molar-refractivity contribution in [3.05, 3.63) is 29.8 Å². The lowest BCUT2D eigenvalue weighted by Gasteiger charge is -2.39. The molecule has 1 heterocycles. The van der Waals surface area contributed by atoms with E-state index in [1.54, 1.807) is 12.1 Å². The average Bonchev–Trinajstić information content (AvgIpc) is 3.03. The zero-order valence-corrected chi connectivity index (χ0v) is 14.3. The Bertz CT molecular complexity index is 515. The van der Waals surface area contributed by atoms with Crippen LogP contribution in [0.5, 0.6) is 5.75 Å². The highest BCUT2D eigenvalue weighted by Crippen LogP contribution is 2.43. The molecule has 7 heteroatoms. The molecule has 2 aliphatic rings. The molecule has 1 aliphatic heterocycles. The van der Waals surface area contributed by atoms with Crippen LogP contribution in [-0.2, 0) is 0 Å². The molecule has 1 saturated carbocycles. The van der Waals surface area contributed by atoms with Crippen LogP contribution in [0.1, 0.15) is 37.3 Å². The molecule has 0 amide bonds. The van der Waals surface area contributed by atoms with E-state index in [2.05, 4.69) is 15.0 Å². The van der Waals surface area contributed by atoms with E-state index in [9.17, 15) is 13.2 Å². The van der Waals surface area contributed by atoms with Crippen molar-refractivity contribution in [1.82, 2.24) is 10.2 Å². The van der Waals surface area contributed by atoms with E-state index < -0.39 is 6.36 Å². The summed E-state index contributed by atoms with van der Waals surface area (Å²) < 4.78 is 42.6. The highest BCUT2D eigenvalue weighted by Gasteiger charge is 2.37. The molecule has 0 radical (unpaired) electrons. The van der Waals surface area contributed by atoms with Gasteiger partial charge in [0, 0.05) is 37.8 Å². The minimum absolute atomic E-state index is 0. The fourth-order valence-electron chi connectivity index (χ4n) is 3.92. The van der Waals surface area contributed by atoms with Gasteiger partial charge >= 0.3 is 6.36 Å². The van der Waals surface area contributed by atoms with Gasteiger partial charge in [-0.25, -0.2) is 0 Å². The highest BCUT2D eigenvalue weighted by molar-refractivity contribution is 5.85. The van der Waals surface area contributed by atoms with Crippen molar-refractivity contribution in [3.63, 3.8) is 0 Å². The second-order valence-corrected chi connectivity index (χ2v) is 6.36. The van der Waals surface area contributed by atoms with E-state index >= 15 is 0 Å². The summed E-state index contributed by atoms with van der Waals surface area (Å²) >= 11 is 0. The third-order valence-corrected chi connectivity index (χ3v) is 4.85. The van der Waals surface area contributed by atoms with Crippen LogP contribution in [0.15, 0.2) is 24.3 Å². The third kappa shape index (κ3) is 4.77. The predicted octanol–water partition coefficient (Wildman–Crippen LogP) is 4.14. The first-order valence-electron chi connectivity index (χ1n) is 8.34. The van der Waals surface area contributed by atoms with Crippen LogP contribution in [-0.4, -0.2) is 37.4 Å². The molecule has 1 atom stereocenters. The lowest BCUT2D eigenvalue weighted by molar-refractivity contribution is -0.275. The number of nitrogens with one attached hydrogen (secondary N) is 1. The van der Waals surface area contributed by atoms with Crippen LogP contribution in [0.4, 0.5) is 13.2 Å². The number of nitrogens with zero attached hydrogens (tertiary/aromatic N) is 1. The SMILES string of the molecule is Cl.FC(F)(F)Oc1ccccc1[C@H](C1CCCC1)N1CCNCC1. The molecular weight excluding hydrogens is 341 g/mol. The van der Waals surface area contributed by atoms with Gasteiger partial charge in [0.05, 0.1) is 0 Å². The molecule has 0 unspecified atom stereocenters. The summed E-state index contributed by atoms with van der Waals surface area (Å²) in [6.45, 7) is 3.49. The first-order chi connectivity index (χ1) is 11.0. The number of ether oxygens (including phenoxy) is 1. The molecular formula is C17H24ClF3N2O. The largest absolute Gasteiger partial charge is 0.573 e. The topological polar surface area (TPSA) is 24.5 Å². The van der Waals surface area contributed by atoms with Gasteiger partial charge in [0.1, 0.15) is 5.75 Å². The van der Waals surface area contributed by atoms with Gasteiger partial charge in [-0.05, 0) is 24.8 Å². The van der Waals surface area contributed by atoms with Gasteiger partial charge in [-0.3, -0.25) is 4.90 Å². The van der Waals surface area contributed by atoms with Crippen molar-refractivity contribution in [1.29, 1.82) is 0 Å². The number of rotatable bonds is 4. The number of para-hydroxylation sites is 1. The van der Waals surface area contributed by atoms with Gasteiger partial charge < -0.3 is 10.1 Å². The van der Waals surface area contributed by atoms with Gasteiger partial charge in [0.25, 0.3) is 0 Å². The van der Waals surface area contributed by atoms with Crippen LogP contribution in [0, 0.1) is 5.92 Å². The molecule has 2 fully saturated rings. The van der Waals surface area contributed by atoms with E-state index in [1.165, 1.54) is 6.07 Å². The Labute approximate surface area is 147 Å². The van der Waals surface area contributed by atoms with Crippen LogP contribution in [0.3, 0.4) is 0 Å². The van der Waals surface area contributed by atoms with Crippen LogP contribution >= 0.6 is 12.4 Å². The maximum atomic E-state index is 12.8. The lowest BCUT2D eigenvalue weighted by atomic mass is 9.89. The minimum Gasteiger partial charge on any atom is -0.405 e. The Morgan fingerprint density at radius 3 is 2.33 bits per heavy atom. The van der Waals surface area contributed by atoms with Crippen LogP contribution in [0.25, 0.3) is 0 Å². The Kier molecular flexibility index (Phi) is 6.78. The standard InChI is InChI=1S/C17H23F3N2O.ClH/c18-17(19,20)23-15-8-4-3-7-14(15)16(13-5-1-2-6-13)22-11-9-21-10-12-22;/h3-4,7-8,13,16,21H,1-2,5-6,9-12H2;1H/t16-;/m0./s1. The van der Waals surface area contributed by atoms with Gasteiger partial charge in [0.2, 0.25) is 0 Å². The van der Waals surface area contributed by atoms with Crippen molar-refractivity contribution < 1.29 is 17.9 Å². The highest BCUT2D eigenvalue weighted by atomic mass is 35.5. The number of hydrogen-bond acceptors (Lipinski definition) is 3. The maximum absolute atomic E-state index is 12.8. The summed E-state index contributed by atoms with van der Waals surface area (Å²) in [6, 6.07) is 6.66. The molecule has 3 rings (SSSR count). The minimum atomic E-state index is -4.65. The van der Waals surface area contributed by atoms with Gasteiger partial charge in [0.15, 0.2) is 0 Å². The van der Waals surface area contributed by atoms with Gasteiger partial charge in [-0.2, -0.15) is 0 Å². The zero-order chi connectivity index (χ0) is 16.3. The Morgan fingerprint density at radius 2 is 1.71 bits per heavy atom. The second-order valence-electron chi connectivity index (χ2n) is 6.36. The van der Waals surface area contributed by atoms with E-state index in [4.69, 9.17) is 0 Å². The Morgan fingerprint density at radius 1 is 1.08 bits per heavy atom. The van der Waals surface area contributed by atoms with Crippen molar-refractivity contribution in [3.8, 4) is 5.75 Å². The van der Waals surface area contributed by atoms with Crippen molar-refractivity contribution in [2.75, 3.05) is 26.2 Å². The monoisotopic (exact) mass is 364 g/mol.